The highest BCUT2D eigenvalue weighted by molar-refractivity contribution is 5.98. The molecule has 2 aromatic carbocycles. The van der Waals surface area contributed by atoms with Gasteiger partial charge in [0.25, 0.3) is 0 Å². The molecule has 6 nitrogen and oxygen atoms in total. The van der Waals surface area contributed by atoms with Crippen molar-refractivity contribution in [1.29, 1.82) is 0 Å². The first-order chi connectivity index (χ1) is 14.0. The maximum absolute atomic E-state index is 12.9. The molecule has 6 heteroatoms. The Morgan fingerprint density at radius 1 is 1.10 bits per heavy atom. The summed E-state index contributed by atoms with van der Waals surface area (Å²) < 4.78 is 0. The monoisotopic (exact) mass is 395 g/mol. The second kappa shape index (κ2) is 9.67. The second-order valence-electron chi connectivity index (χ2n) is 7.65. The van der Waals surface area contributed by atoms with E-state index in [0.717, 1.165) is 42.7 Å². The molecule has 1 unspecified atom stereocenters. The first-order valence-corrected chi connectivity index (χ1v) is 10.1. The fraction of sp³-hybridized carbons (Fsp3) is 0.391. The van der Waals surface area contributed by atoms with Gasteiger partial charge in [0, 0.05) is 30.4 Å². The minimum atomic E-state index is -0.806. The highest BCUT2D eigenvalue weighted by Crippen LogP contribution is 2.28. The van der Waals surface area contributed by atoms with Crippen LogP contribution in [0.15, 0.2) is 54.6 Å². The van der Waals surface area contributed by atoms with E-state index in [4.69, 9.17) is 5.11 Å². The minimum Gasteiger partial charge on any atom is -0.480 e. The fourth-order valence-corrected chi connectivity index (χ4v) is 3.92. The van der Waals surface area contributed by atoms with Crippen molar-refractivity contribution in [3.05, 3.63) is 54.6 Å². The Labute approximate surface area is 172 Å². The fourth-order valence-electron chi connectivity index (χ4n) is 3.92. The van der Waals surface area contributed by atoms with Gasteiger partial charge in [0.2, 0.25) is 5.91 Å². The van der Waals surface area contributed by atoms with Crippen molar-refractivity contribution in [3.8, 4) is 11.1 Å². The van der Waals surface area contributed by atoms with E-state index in [-0.39, 0.29) is 24.5 Å². The number of likely N-dealkylation sites (tertiary alicyclic amines) is 1. The first kappa shape index (κ1) is 21.0. The van der Waals surface area contributed by atoms with Crippen LogP contribution in [-0.2, 0) is 9.59 Å². The van der Waals surface area contributed by atoms with E-state index in [1.54, 1.807) is 0 Å². The molecule has 0 radical (unpaired) electrons. The quantitative estimate of drug-likeness (QED) is 0.753. The average Bonchev–Trinajstić information content (AvgIpc) is 2.74. The van der Waals surface area contributed by atoms with Gasteiger partial charge in [0.1, 0.15) is 0 Å². The zero-order chi connectivity index (χ0) is 20.8. The van der Waals surface area contributed by atoms with Crippen LogP contribution < -0.4 is 5.32 Å². The van der Waals surface area contributed by atoms with Crippen molar-refractivity contribution in [2.24, 2.45) is 0 Å². The predicted molar refractivity (Wildman–Crippen MR) is 115 cm³/mol. The molecule has 2 N–H and O–H groups in total. The Bertz CT molecular complexity index is 832. The highest BCUT2D eigenvalue weighted by Gasteiger charge is 2.29. The zero-order valence-electron chi connectivity index (χ0n) is 17.0. The topological polar surface area (TPSA) is 72.9 Å². The van der Waals surface area contributed by atoms with Crippen LogP contribution >= 0.6 is 0 Å². The Kier molecular flexibility index (Phi) is 7.01. The van der Waals surface area contributed by atoms with Gasteiger partial charge in [0.05, 0.1) is 12.6 Å². The zero-order valence-corrected chi connectivity index (χ0v) is 17.0. The molecule has 1 aliphatic rings. The molecule has 1 saturated heterocycles. The van der Waals surface area contributed by atoms with Crippen LogP contribution in [0.25, 0.3) is 11.1 Å². The Morgan fingerprint density at radius 3 is 2.38 bits per heavy atom. The van der Waals surface area contributed by atoms with Gasteiger partial charge in [0.15, 0.2) is 0 Å². The lowest BCUT2D eigenvalue weighted by atomic mass is 10.0. The molecule has 0 spiro atoms. The van der Waals surface area contributed by atoms with Crippen LogP contribution in [0.1, 0.15) is 19.8 Å². The van der Waals surface area contributed by atoms with E-state index in [1.165, 1.54) is 0 Å². The van der Waals surface area contributed by atoms with E-state index in [0.29, 0.717) is 0 Å². The molecule has 0 bridgehead atoms. The van der Waals surface area contributed by atoms with Gasteiger partial charge >= 0.3 is 5.97 Å². The number of nitrogens with one attached hydrogen (secondary N) is 1. The molecule has 1 atom stereocenters. The smallest absolute Gasteiger partial charge is 0.317 e. The third-order valence-corrected chi connectivity index (χ3v) is 5.70. The van der Waals surface area contributed by atoms with Crippen LogP contribution in [0.3, 0.4) is 0 Å². The van der Waals surface area contributed by atoms with Crippen molar-refractivity contribution >= 4 is 17.6 Å². The van der Waals surface area contributed by atoms with E-state index in [1.807, 2.05) is 73.5 Å². The van der Waals surface area contributed by atoms with Crippen molar-refractivity contribution in [1.82, 2.24) is 9.80 Å². The van der Waals surface area contributed by atoms with E-state index in [2.05, 4.69) is 10.2 Å². The van der Waals surface area contributed by atoms with Crippen LogP contribution in [0.4, 0.5) is 5.69 Å². The summed E-state index contributed by atoms with van der Waals surface area (Å²) in [6, 6.07) is 17.9. The number of carbonyl (C=O) groups is 2. The predicted octanol–water partition coefficient (Wildman–Crippen LogP) is 3.16. The van der Waals surface area contributed by atoms with Gasteiger partial charge in [-0.25, -0.2) is 0 Å². The summed E-state index contributed by atoms with van der Waals surface area (Å²) in [5.74, 6) is -0.828. The lowest BCUT2D eigenvalue weighted by Gasteiger charge is -2.38. The molecule has 3 rings (SSSR count). The summed E-state index contributed by atoms with van der Waals surface area (Å²) in [5, 5.41) is 12.1. The van der Waals surface area contributed by atoms with Gasteiger partial charge in [-0.05, 0) is 38.4 Å². The lowest BCUT2D eigenvalue weighted by Crippen LogP contribution is -2.50. The molecular weight excluding hydrogens is 366 g/mol. The molecule has 1 heterocycles. The van der Waals surface area contributed by atoms with Crippen molar-refractivity contribution in [2.75, 3.05) is 32.0 Å². The molecule has 1 fully saturated rings. The maximum Gasteiger partial charge on any atom is 0.317 e. The molecule has 29 heavy (non-hydrogen) atoms. The van der Waals surface area contributed by atoms with Gasteiger partial charge in [-0.3, -0.25) is 19.4 Å². The van der Waals surface area contributed by atoms with Gasteiger partial charge in [-0.1, -0.05) is 48.5 Å². The summed E-state index contributed by atoms with van der Waals surface area (Å²) in [4.78, 5) is 27.9. The number of piperidine rings is 1. The number of para-hydroxylation sites is 1. The van der Waals surface area contributed by atoms with Crippen molar-refractivity contribution in [2.45, 2.75) is 31.8 Å². The molecule has 1 amide bonds. The summed E-state index contributed by atoms with van der Waals surface area (Å²) in [6.45, 7) is 3.55. The average molecular weight is 396 g/mol. The normalized spacial score (nSPS) is 16.5. The number of amides is 1. The number of anilines is 1. The number of hydrogen-bond donors (Lipinski definition) is 2. The molecule has 0 aliphatic carbocycles. The molecule has 154 valence electrons. The van der Waals surface area contributed by atoms with E-state index in [9.17, 15) is 9.59 Å². The van der Waals surface area contributed by atoms with Crippen molar-refractivity contribution in [3.63, 3.8) is 0 Å². The molecule has 1 aliphatic heterocycles. The number of benzene rings is 2. The summed E-state index contributed by atoms with van der Waals surface area (Å²) in [5.41, 5.74) is 2.88. The van der Waals surface area contributed by atoms with Crippen LogP contribution in [-0.4, -0.2) is 65.5 Å². The number of carboxylic acids is 1. The van der Waals surface area contributed by atoms with Gasteiger partial charge in [-0.15, -0.1) is 0 Å². The molecule has 0 aromatic heterocycles. The third-order valence-electron chi connectivity index (χ3n) is 5.70. The highest BCUT2D eigenvalue weighted by atomic mass is 16.4. The SMILES string of the molecule is CC(C(=O)Nc1ccccc1-c1ccccc1)N1CCC(N(C)CC(=O)O)CC1. The number of hydrogen-bond acceptors (Lipinski definition) is 4. The lowest BCUT2D eigenvalue weighted by molar-refractivity contribution is -0.138. The van der Waals surface area contributed by atoms with Gasteiger partial charge in [-0.2, -0.15) is 0 Å². The van der Waals surface area contributed by atoms with E-state index < -0.39 is 5.97 Å². The summed E-state index contributed by atoms with van der Waals surface area (Å²) in [7, 11) is 1.85. The Morgan fingerprint density at radius 2 is 1.72 bits per heavy atom. The van der Waals surface area contributed by atoms with E-state index >= 15 is 0 Å². The third kappa shape index (κ3) is 5.43. The molecule has 2 aromatic rings. The largest absolute Gasteiger partial charge is 0.480 e. The number of nitrogens with zero attached hydrogens (tertiary/aromatic N) is 2. The first-order valence-electron chi connectivity index (χ1n) is 10.1. The Hall–Kier alpha value is -2.70. The Balaban J connectivity index is 1.61. The summed E-state index contributed by atoms with van der Waals surface area (Å²) >= 11 is 0. The number of carboxylic acid groups (broad SMARTS) is 1. The molecule has 0 saturated carbocycles. The number of aliphatic carboxylic acids is 1. The van der Waals surface area contributed by atoms with Crippen LogP contribution in [0.2, 0.25) is 0 Å². The van der Waals surface area contributed by atoms with Gasteiger partial charge < -0.3 is 10.4 Å². The number of carbonyl (C=O) groups excluding carboxylic acids is 1. The second-order valence-corrected chi connectivity index (χ2v) is 7.65. The van der Waals surface area contributed by atoms with Crippen molar-refractivity contribution < 1.29 is 14.7 Å². The number of likely N-dealkylation sites (N-methyl/N-ethyl adjacent to an activating group) is 1. The maximum atomic E-state index is 12.9. The molecular formula is C23H29N3O3. The van der Waals surface area contributed by atoms with Crippen LogP contribution in [0.5, 0.6) is 0 Å². The van der Waals surface area contributed by atoms with Crippen LogP contribution in [0, 0.1) is 0 Å². The minimum absolute atomic E-state index is 0.0225. The standard InChI is InChI=1S/C23H29N3O3/c1-17(26-14-12-19(13-15-26)25(2)16-22(27)28)23(29)24-21-11-7-6-10-20(21)18-8-4-3-5-9-18/h3-11,17,19H,12-16H2,1-2H3,(H,24,29)(H,27,28). The number of rotatable bonds is 7. The summed E-state index contributed by atoms with van der Waals surface area (Å²) in [6.07, 6.45) is 1.73.